The van der Waals surface area contributed by atoms with E-state index in [4.69, 9.17) is 11.6 Å². The van der Waals surface area contributed by atoms with Crippen molar-refractivity contribution in [3.05, 3.63) is 34.9 Å². The summed E-state index contributed by atoms with van der Waals surface area (Å²) >= 11 is 5.79. The summed E-state index contributed by atoms with van der Waals surface area (Å²) in [5, 5.41) is 0.822. The van der Waals surface area contributed by atoms with Crippen LogP contribution in [0.2, 0.25) is 5.02 Å². The van der Waals surface area contributed by atoms with Gasteiger partial charge in [0.05, 0.1) is 0 Å². The molecule has 12 heavy (non-hydrogen) atoms. The van der Waals surface area contributed by atoms with Crippen molar-refractivity contribution in [3.63, 3.8) is 0 Å². The molecule has 0 saturated carbocycles. The van der Waals surface area contributed by atoms with Crippen LogP contribution in [0.3, 0.4) is 0 Å². The van der Waals surface area contributed by atoms with Crippen molar-refractivity contribution in [1.29, 1.82) is 0 Å². The SMILES string of the molecule is CCN1CC1c1ccc(Cl)cc1. The van der Waals surface area contributed by atoms with E-state index < -0.39 is 0 Å². The van der Waals surface area contributed by atoms with Gasteiger partial charge in [-0.2, -0.15) is 0 Å². The lowest BCUT2D eigenvalue weighted by molar-refractivity contribution is 0.544. The second kappa shape index (κ2) is 3.08. The highest BCUT2D eigenvalue weighted by Crippen LogP contribution is 2.34. The summed E-state index contributed by atoms with van der Waals surface area (Å²) in [6, 6.07) is 8.81. The number of hydrogen-bond acceptors (Lipinski definition) is 1. The molecule has 0 amide bonds. The Bertz CT molecular complexity index is 268. The van der Waals surface area contributed by atoms with Gasteiger partial charge in [-0.3, -0.25) is 4.90 Å². The molecule has 2 rings (SSSR count). The Balaban J connectivity index is 2.10. The van der Waals surface area contributed by atoms with Gasteiger partial charge in [-0.05, 0) is 24.2 Å². The molecule has 1 aliphatic heterocycles. The molecule has 0 aliphatic carbocycles. The highest BCUT2D eigenvalue weighted by molar-refractivity contribution is 6.30. The number of nitrogens with zero attached hydrogens (tertiary/aromatic N) is 1. The molecule has 1 aliphatic rings. The molecular weight excluding hydrogens is 170 g/mol. The molecule has 2 heteroatoms. The lowest BCUT2D eigenvalue weighted by Gasteiger charge is -1.99. The second-order valence-corrected chi connectivity index (χ2v) is 3.59. The van der Waals surface area contributed by atoms with E-state index in [0.29, 0.717) is 6.04 Å². The molecule has 0 bridgehead atoms. The molecule has 2 atom stereocenters. The summed E-state index contributed by atoms with van der Waals surface area (Å²) in [5.41, 5.74) is 1.39. The van der Waals surface area contributed by atoms with Crippen molar-refractivity contribution >= 4 is 11.6 Å². The molecule has 1 heterocycles. The molecule has 2 unspecified atom stereocenters. The average molecular weight is 182 g/mol. The smallest absolute Gasteiger partial charge is 0.0476 e. The predicted molar refractivity (Wildman–Crippen MR) is 51.4 cm³/mol. The molecule has 1 aromatic rings. The highest BCUT2D eigenvalue weighted by atomic mass is 35.5. The number of likely N-dealkylation sites (N-methyl/N-ethyl adjacent to an activating group) is 1. The first-order valence-corrected chi connectivity index (χ1v) is 4.68. The Morgan fingerprint density at radius 2 is 2.08 bits per heavy atom. The second-order valence-electron chi connectivity index (χ2n) is 3.15. The highest BCUT2D eigenvalue weighted by Gasteiger charge is 2.33. The summed E-state index contributed by atoms with van der Waals surface area (Å²) in [5.74, 6) is 0. The molecule has 0 N–H and O–H groups in total. The minimum atomic E-state index is 0.660. The molecule has 0 radical (unpaired) electrons. The minimum absolute atomic E-state index is 0.660. The van der Waals surface area contributed by atoms with Crippen molar-refractivity contribution in [2.24, 2.45) is 0 Å². The third-order valence-electron chi connectivity index (χ3n) is 2.38. The maximum atomic E-state index is 5.79. The summed E-state index contributed by atoms with van der Waals surface area (Å²) < 4.78 is 0. The van der Waals surface area contributed by atoms with Crippen molar-refractivity contribution in [2.75, 3.05) is 13.1 Å². The van der Waals surface area contributed by atoms with Gasteiger partial charge >= 0.3 is 0 Å². The molecule has 1 saturated heterocycles. The van der Waals surface area contributed by atoms with Gasteiger partial charge in [0.2, 0.25) is 0 Å². The van der Waals surface area contributed by atoms with Crippen LogP contribution in [-0.4, -0.2) is 18.0 Å². The van der Waals surface area contributed by atoms with Gasteiger partial charge < -0.3 is 0 Å². The maximum absolute atomic E-state index is 5.79. The van der Waals surface area contributed by atoms with E-state index in [1.165, 1.54) is 12.1 Å². The quantitative estimate of drug-likeness (QED) is 0.635. The predicted octanol–water partition coefficient (Wildman–Crippen LogP) is 2.72. The van der Waals surface area contributed by atoms with Crippen LogP contribution in [0.25, 0.3) is 0 Å². The molecule has 64 valence electrons. The van der Waals surface area contributed by atoms with E-state index >= 15 is 0 Å². The van der Waals surface area contributed by atoms with Gasteiger partial charge in [0, 0.05) is 17.6 Å². The van der Waals surface area contributed by atoms with Crippen molar-refractivity contribution in [2.45, 2.75) is 13.0 Å². The fourth-order valence-corrected chi connectivity index (χ4v) is 1.65. The van der Waals surface area contributed by atoms with Crippen LogP contribution in [0, 0.1) is 0 Å². The molecule has 1 fully saturated rings. The number of halogens is 1. The Morgan fingerprint density at radius 3 is 2.58 bits per heavy atom. The van der Waals surface area contributed by atoms with Gasteiger partial charge in [-0.1, -0.05) is 30.7 Å². The monoisotopic (exact) mass is 181 g/mol. The Labute approximate surface area is 77.9 Å². The van der Waals surface area contributed by atoms with Crippen LogP contribution < -0.4 is 0 Å². The van der Waals surface area contributed by atoms with E-state index in [0.717, 1.165) is 11.6 Å². The molecule has 0 aromatic heterocycles. The lowest BCUT2D eigenvalue weighted by atomic mass is 10.2. The number of hydrogen-bond donors (Lipinski definition) is 0. The van der Waals surface area contributed by atoms with Gasteiger partial charge in [0.1, 0.15) is 0 Å². The number of rotatable bonds is 2. The zero-order chi connectivity index (χ0) is 8.55. The fourth-order valence-electron chi connectivity index (χ4n) is 1.53. The van der Waals surface area contributed by atoms with Crippen LogP contribution in [0.4, 0.5) is 0 Å². The van der Waals surface area contributed by atoms with Crippen molar-refractivity contribution < 1.29 is 0 Å². The van der Waals surface area contributed by atoms with Crippen LogP contribution in [0.1, 0.15) is 18.5 Å². The molecule has 1 aromatic carbocycles. The van der Waals surface area contributed by atoms with Crippen LogP contribution in [-0.2, 0) is 0 Å². The van der Waals surface area contributed by atoms with Gasteiger partial charge in [0.25, 0.3) is 0 Å². The number of benzene rings is 1. The zero-order valence-corrected chi connectivity index (χ0v) is 7.88. The van der Waals surface area contributed by atoms with Crippen LogP contribution >= 0.6 is 11.6 Å². The van der Waals surface area contributed by atoms with Gasteiger partial charge in [-0.15, -0.1) is 0 Å². The first-order chi connectivity index (χ1) is 5.81. The van der Waals surface area contributed by atoms with Gasteiger partial charge in [-0.25, -0.2) is 0 Å². The van der Waals surface area contributed by atoms with E-state index in [1.54, 1.807) is 0 Å². The molecule has 1 nitrogen and oxygen atoms in total. The zero-order valence-electron chi connectivity index (χ0n) is 7.13. The van der Waals surface area contributed by atoms with Crippen molar-refractivity contribution in [3.8, 4) is 0 Å². The topological polar surface area (TPSA) is 3.01 Å². The Kier molecular flexibility index (Phi) is 2.07. The van der Waals surface area contributed by atoms with E-state index in [9.17, 15) is 0 Å². The first-order valence-electron chi connectivity index (χ1n) is 4.31. The third-order valence-corrected chi connectivity index (χ3v) is 2.63. The van der Waals surface area contributed by atoms with E-state index in [-0.39, 0.29) is 0 Å². The summed E-state index contributed by atoms with van der Waals surface area (Å²) in [7, 11) is 0. The van der Waals surface area contributed by atoms with E-state index in [2.05, 4.69) is 24.0 Å². The first kappa shape index (κ1) is 8.09. The summed E-state index contributed by atoms with van der Waals surface area (Å²) in [4.78, 5) is 2.42. The lowest BCUT2D eigenvalue weighted by Crippen LogP contribution is -1.94. The van der Waals surface area contributed by atoms with Crippen LogP contribution in [0.15, 0.2) is 24.3 Å². The van der Waals surface area contributed by atoms with E-state index in [1.807, 2.05) is 12.1 Å². The van der Waals surface area contributed by atoms with Gasteiger partial charge in [0.15, 0.2) is 0 Å². The minimum Gasteiger partial charge on any atom is -0.293 e. The third kappa shape index (κ3) is 1.47. The summed E-state index contributed by atoms with van der Waals surface area (Å²) in [6.45, 7) is 4.54. The summed E-state index contributed by atoms with van der Waals surface area (Å²) in [6.07, 6.45) is 0. The largest absolute Gasteiger partial charge is 0.293 e. The average Bonchev–Trinajstić information content (AvgIpc) is 2.85. The van der Waals surface area contributed by atoms with Crippen molar-refractivity contribution in [1.82, 2.24) is 4.90 Å². The Hall–Kier alpha value is -0.530. The normalized spacial score (nSPS) is 27.2. The Morgan fingerprint density at radius 1 is 1.42 bits per heavy atom. The maximum Gasteiger partial charge on any atom is 0.0476 e. The standard InChI is InChI=1S/C10H12ClN/c1-2-12-7-10(12)8-3-5-9(11)6-4-8/h3-6,10H,2,7H2,1H3. The molecular formula is C10H12ClN. The molecule has 0 spiro atoms. The fraction of sp³-hybridized carbons (Fsp3) is 0.400. The van der Waals surface area contributed by atoms with Crippen LogP contribution in [0.5, 0.6) is 0 Å².